The van der Waals surface area contributed by atoms with Crippen LogP contribution in [0, 0.1) is 11.7 Å². The zero-order chi connectivity index (χ0) is 18.1. The van der Waals surface area contributed by atoms with Crippen molar-refractivity contribution in [2.24, 2.45) is 5.92 Å². The maximum absolute atomic E-state index is 13.2. The molecule has 0 aromatic heterocycles. The highest BCUT2D eigenvalue weighted by Gasteiger charge is 2.38. The number of carbonyl (C=O) groups is 1. The van der Waals surface area contributed by atoms with E-state index in [1.807, 2.05) is 6.92 Å². The molecule has 0 bridgehead atoms. The second-order valence-electron chi connectivity index (χ2n) is 7.79. The van der Waals surface area contributed by atoms with Crippen molar-refractivity contribution >= 4 is 5.78 Å². The van der Waals surface area contributed by atoms with E-state index in [-0.39, 0.29) is 17.5 Å². The fourth-order valence-electron chi connectivity index (χ4n) is 4.73. The van der Waals surface area contributed by atoms with Gasteiger partial charge in [0.15, 0.2) is 0 Å². The van der Waals surface area contributed by atoms with E-state index >= 15 is 0 Å². The van der Waals surface area contributed by atoms with Crippen LogP contribution in [0.5, 0.6) is 0 Å². The minimum Gasteiger partial charge on any atom is -0.299 e. The largest absolute Gasteiger partial charge is 0.299 e. The lowest BCUT2D eigenvalue weighted by atomic mass is 9.87. The summed E-state index contributed by atoms with van der Waals surface area (Å²) < 4.78 is 13.2. The van der Waals surface area contributed by atoms with Crippen LogP contribution in [0.2, 0.25) is 0 Å². The highest BCUT2D eigenvalue weighted by Crippen LogP contribution is 2.44. The van der Waals surface area contributed by atoms with Crippen molar-refractivity contribution in [1.82, 2.24) is 4.90 Å². The zero-order valence-electron chi connectivity index (χ0n) is 15.3. The van der Waals surface area contributed by atoms with Gasteiger partial charge in [0.05, 0.1) is 0 Å². The number of rotatable bonds is 5. The Morgan fingerprint density at radius 3 is 2.54 bits per heavy atom. The van der Waals surface area contributed by atoms with E-state index < -0.39 is 0 Å². The molecule has 0 saturated carbocycles. The van der Waals surface area contributed by atoms with Gasteiger partial charge in [0.1, 0.15) is 11.6 Å². The van der Waals surface area contributed by atoms with Crippen LogP contribution in [0.1, 0.15) is 54.8 Å². The predicted octanol–water partition coefficient (Wildman–Crippen LogP) is 4.90. The van der Waals surface area contributed by atoms with Gasteiger partial charge >= 0.3 is 0 Å². The predicted molar refractivity (Wildman–Crippen MR) is 102 cm³/mol. The second kappa shape index (κ2) is 7.32. The lowest BCUT2D eigenvalue weighted by Crippen LogP contribution is -2.30. The Kier molecular flexibility index (Phi) is 4.90. The van der Waals surface area contributed by atoms with Gasteiger partial charge in [-0.15, -0.1) is 0 Å². The Bertz CT molecular complexity index is 779. The zero-order valence-corrected chi connectivity index (χ0v) is 15.3. The lowest BCUT2D eigenvalue weighted by Gasteiger charge is -2.30. The van der Waals surface area contributed by atoms with Gasteiger partial charge in [-0.25, -0.2) is 4.39 Å². The third-order valence-corrected chi connectivity index (χ3v) is 6.15. The first kappa shape index (κ1) is 17.4. The summed E-state index contributed by atoms with van der Waals surface area (Å²) in [6.07, 6.45) is 4.09. The molecule has 1 aliphatic heterocycles. The number of hydrogen-bond donors (Lipinski definition) is 0. The van der Waals surface area contributed by atoms with Crippen LogP contribution in [-0.2, 0) is 11.2 Å². The number of halogens is 1. The summed E-state index contributed by atoms with van der Waals surface area (Å²) in [5, 5.41) is 0. The molecule has 0 amide bonds. The van der Waals surface area contributed by atoms with Crippen molar-refractivity contribution in [2.75, 3.05) is 13.1 Å². The number of fused-ring (bicyclic) bond motifs is 1. The molecule has 26 heavy (non-hydrogen) atoms. The van der Waals surface area contributed by atoms with Crippen molar-refractivity contribution in [3.63, 3.8) is 0 Å². The van der Waals surface area contributed by atoms with Gasteiger partial charge < -0.3 is 0 Å². The standard InChI is InChI=1S/C23H26FNO/c1-16(17-8-10-20(24)11-9-17)22(26)15-19-14-18-6-2-3-7-21(18)23(19)25-12-4-5-13-25/h2-3,6-11,16,19,23H,4-5,12-15H2,1H3/t16-,19?,23?/m0/s1. The van der Waals surface area contributed by atoms with Gasteiger partial charge in [0.2, 0.25) is 0 Å². The molecule has 1 heterocycles. The molecule has 3 atom stereocenters. The molecule has 4 rings (SSSR count). The number of nitrogens with zero attached hydrogens (tertiary/aromatic N) is 1. The molecular weight excluding hydrogens is 325 g/mol. The Morgan fingerprint density at radius 2 is 1.81 bits per heavy atom. The monoisotopic (exact) mass is 351 g/mol. The van der Waals surface area contributed by atoms with Gasteiger partial charge in [0, 0.05) is 18.4 Å². The van der Waals surface area contributed by atoms with E-state index in [0.29, 0.717) is 18.4 Å². The molecule has 3 heteroatoms. The molecule has 2 aromatic rings. The minimum absolute atomic E-state index is 0.182. The van der Waals surface area contributed by atoms with Gasteiger partial charge in [0.25, 0.3) is 0 Å². The molecule has 1 fully saturated rings. The van der Waals surface area contributed by atoms with Crippen molar-refractivity contribution in [1.29, 1.82) is 0 Å². The van der Waals surface area contributed by atoms with Crippen LogP contribution < -0.4 is 0 Å². The summed E-state index contributed by atoms with van der Waals surface area (Å²) in [6.45, 7) is 4.22. The molecule has 0 N–H and O–H groups in total. The number of carbonyl (C=O) groups excluding carboxylic acids is 1. The average Bonchev–Trinajstić information content (AvgIpc) is 3.28. The van der Waals surface area contributed by atoms with E-state index in [1.54, 1.807) is 12.1 Å². The SMILES string of the molecule is C[C@H](C(=O)CC1Cc2ccccc2C1N1CCCC1)c1ccc(F)cc1. The van der Waals surface area contributed by atoms with Crippen LogP contribution in [0.4, 0.5) is 4.39 Å². The van der Waals surface area contributed by atoms with Gasteiger partial charge in [-0.05, 0) is 67.1 Å². The van der Waals surface area contributed by atoms with Crippen molar-refractivity contribution in [2.45, 2.75) is 44.6 Å². The molecule has 0 radical (unpaired) electrons. The number of likely N-dealkylation sites (tertiary alicyclic amines) is 1. The maximum atomic E-state index is 13.2. The molecule has 0 spiro atoms. The van der Waals surface area contributed by atoms with Crippen LogP contribution in [0.25, 0.3) is 0 Å². The molecule has 1 saturated heterocycles. The number of hydrogen-bond acceptors (Lipinski definition) is 2. The third kappa shape index (κ3) is 3.33. The fourth-order valence-corrected chi connectivity index (χ4v) is 4.73. The number of benzene rings is 2. The normalized spacial score (nSPS) is 23.8. The molecule has 2 aromatic carbocycles. The Hall–Kier alpha value is -2.00. The average molecular weight is 351 g/mol. The maximum Gasteiger partial charge on any atom is 0.140 e. The first-order chi connectivity index (χ1) is 12.6. The van der Waals surface area contributed by atoms with Crippen LogP contribution in [0.3, 0.4) is 0 Å². The van der Waals surface area contributed by atoms with Gasteiger partial charge in [-0.2, -0.15) is 0 Å². The van der Waals surface area contributed by atoms with Crippen LogP contribution >= 0.6 is 0 Å². The van der Waals surface area contributed by atoms with Gasteiger partial charge in [-0.3, -0.25) is 9.69 Å². The van der Waals surface area contributed by atoms with E-state index in [9.17, 15) is 9.18 Å². The van der Waals surface area contributed by atoms with Crippen molar-refractivity contribution in [3.8, 4) is 0 Å². The summed E-state index contributed by atoms with van der Waals surface area (Å²) in [6, 6.07) is 15.4. The number of Topliss-reactive ketones (excluding diaryl/α,β-unsaturated/α-hetero) is 1. The topological polar surface area (TPSA) is 20.3 Å². The van der Waals surface area contributed by atoms with Crippen LogP contribution in [0.15, 0.2) is 48.5 Å². The molecule has 2 aliphatic rings. The first-order valence-corrected chi connectivity index (χ1v) is 9.73. The lowest BCUT2D eigenvalue weighted by molar-refractivity contribution is -0.121. The molecule has 2 nitrogen and oxygen atoms in total. The smallest absolute Gasteiger partial charge is 0.140 e. The highest BCUT2D eigenvalue weighted by molar-refractivity contribution is 5.85. The van der Waals surface area contributed by atoms with Crippen molar-refractivity contribution < 1.29 is 9.18 Å². The van der Waals surface area contributed by atoms with E-state index in [4.69, 9.17) is 0 Å². The first-order valence-electron chi connectivity index (χ1n) is 9.73. The summed E-state index contributed by atoms with van der Waals surface area (Å²) in [5.74, 6) is 0.173. The number of ketones is 1. The highest BCUT2D eigenvalue weighted by atomic mass is 19.1. The summed E-state index contributed by atoms with van der Waals surface area (Å²) >= 11 is 0. The summed E-state index contributed by atoms with van der Waals surface area (Å²) in [7, 11) is 0. The minimum atomic E-state index is -0.256. The van der Waals surface area contributed by atoms with E-state index in [2.05, 4.69) is 29.2 Å². The van der Waals surface area contributed by atoms with Crippen molar-refractivity contribution in [3.05, 3.63) is 71.0 Å². The fraction of sp³-hybridized carbons (Fsp3) is 0.435. The van der Waals surface area contributed by atoms with Gasteiger partial charge in [-0.1, -0.05) is 43.3 Å². The second-order valence-corrected chi connectivity index (χ2v) is 7.79. The summed E-state index contributed by atoms with van der Waals surface area (Å²) in [5.41, 5.74) is 3.72. The Balaban J connectivity index is 1.52. The third-order valence-electron chi connectivity index (χ3n) is 6.15. The summed E-state index contributed by atoms with van der Waals surface area (Å²) in [4.78, 5) is 15.6. The Morgan fingerprint density at radius 1 is 1.12 bits per heavy atom. The van der Waals surface area contributed by atoms with E-state index in [0.717, 1.165) is 25.1 Å². The molecule has 136 valence electrons. The molecule has 2 unspecified atom stereocenters. The Labute approximate surface area is 155 Å². The molecular formula is C23H26FNO. The quantitative estimate of drug-likeness (QED) is 0.764. The van der Waals surface area contributed by atoms with E-state index in [1.165, 1.54) is 36.1 Å². The van der Waals surface area contributed by atoms with Crippen LogP contribution in [-0.4, -0.2) is 23.8 Å². The molecule has 1 aliphatic carbocycles.